The lowest BCUT2D eigenvalue weighted by atomic mass is 10.2. The summed E-state index contributed by atoms with van der Waals surface area (Å²) in [6, 6.07) is 4.40. The number of thioether (sulfide) groups is 1. The number of benzene rings is 1. The molecule has 0 bridgehead atoms. The molecule has 1 aromatic carbocycles. The Bertz CT molecular complexity index is 359. The number of nitriles is 1. The number of rotatable bonds is 2. The largest absolute Gasteiger partial charge is 0.494 e. The predicted molar refractivity (Wildman–Crippen MR) is 49.4 cm³/mol. The molecule has 0 unspecified atom stereocenters. The zero-order valence-corrected chi connectivity index (χ0v) is 8.11. The normalized spacial score (nSPS) is 9.38. The Labute approximate surface area is 80.3 Å². The van der Waals surface area contributed by atoms with Crippen molar-refractivity contribution in [3.05, 3.63) is 23.5 Å². The first kappa shape index (κ1) is 9.87. The molecule has 0 saturated carbocycles. The molecule has 0 atom stereocenters. The van der Waals surface area contributed by atoms with Crippen LogP contribution >= 0.6 is 11.8 Å². The molecule has 68 valence electrons. The van der Waals surface area contributed by atoms with Gasteiger partial charge in [0.15, 0.2) is 0 Å². The molecule has 13 heavy (non-hydrogen) atoms. The van der Waals surface area contributed by atoms with Gasteiger partial charge in [-0.2, -0.15) is 5.26 Å². The lowest BCUT2D eigenvalue weighted by molar-refractivity contribution is 0.402. The van der Waals surface area contributed by atoms with Gasteiger partial charge in [0.2, 0.25) is 0 Å². The smallest absolute Gasteiger partial charge is 0.150 e. The minimum Gasteiger partial charge on any atom is -0.494 e. The molecule has 2 nitrogen and oxygen atoms in total. The van der Waals surface area contributed by atoms with E-state index in [9.17, 15) is 4.39 Å². The second kappa shape index (κ2) is 4.15. The van der Waals surface area contributed by atoms with Crippen molar-refractivity contribution in [3.63, 3.8) is 0 Å². The van der Waals surface area contributed by atoms with Crippen molar-refractivity contribution in [2.45, 2.75) is 4.90 Å². The maximum absolute atomic E-state index is 12.9. The highest BCUT2D eigenvalue weighted by molar-refractivity contribution is 7.98. The Balaban J connectivity index is 3.36. The summed E-state index contributed by atoms with van der Waals surface area (Å²) in [4.78, 5) is 0.638. The van der Waals surface area contributed by atoms with Crippen LogP contribution < -0.4 is 4.74 Å². The molecule has 0 aliphatic heterocycles. The summed E-state index contributed by atoms with van der Waals surface area (Å²) in [5.41, 5.74) is 0.229. The maximum Gasteiger partial charge on any atom is 0.150 e. The van der Waals surface area contributed by atoms with Gasteiger partial charge >= 0.3 is 0 Å². The topological polar surface area (TPSA) is 33.0 Å². The van der Waals surface area contributed by atoms with Crippen molar-refractivity contribution in [1.82, 2.24) is 0 Å². The molecule has 0 heterocycles. The van der Waals surface area contributed by atoms with Crippen LogP contribution in [0, 0.1) is 17.1 Å². The number of hydrogen-bond acceptors (Lipinski definition) is 3. The lowest BCUT2D eigenvalue weighted by Crippen LogP contribution is -1.92. The van der Waals surface area contributed by atoms with Gasteiger partial charge in [-0.25, -0.2) is 4.39 Å². The Hall–Kier alpha value is -1.21. The predicted octanol–water partition coefficient (Wildman–Crippen LogP) is 2.43. The van der Waals surface area contributed by atoms with Gasteiger partial charge in [0.25, 0.3) is 0 Å². The first-order chi connectivity index (χ1) is 6.22. The molecule has 0 radical (unpaired) electrons. The zero-order chi connectivity index (χ0) is 9.84. The van der Waals surface area contributed by atoms with Crippen LogP contribution in [-0.2, 0) is 0 Å². The number of hydrogen-bond donors (Lipinski definition) is 0. The second-order valence-corrected chi connectivity index (χ2v) is 3.15. The SMILES string of the molecule is COc1c(C#N)cc(F)cc1SC. The summed E-state index contributed by atoms with van der Waals surface area (Å²) in [5, 5.41) is 8.69. The van der Waals surface area contributed by atoms with E-state index in [-0.39, 0.29) is 5.56 Å². The minimum absolute atomic E-state index is 0.229. The van der Waals surface area contributed by atoms with Gasteiger partial charge in [-0.1, -0.05) is 0 Å². The van der Waals surface area contributed by atoms with Gasteiger partial charge in [0, 0.05) is 0 Å². The summed E-state index contributed by atoms with van der Waals surface area (Å²) in [5.74, 6) is 0.0260. The monoisotopic (exact) mass is 197 g/mol. The highest BCUT2D eigenvalue weighted by atomic mass is 32.2. The van der Waals surface area contributed by atoms with E-state index in [4.69, 9.17) is 10.00 Å². The summed E-state index contributed by atoms with van der Waals surface area (Å²) < 4.78 is 17.9. The Morgan fingerprint density at radius 2 is 2.23 bits per heavy atom. The van der Waals surface area contributed by atoms with Gasteiger partial charge in [-0.3, -0.25) is 0 Å². The van der Waals surface area contributed by atoms with E-state index in [2.05, 4.69) is 0 Å². The molecule has 0 amide bonds. The van der Waals surface area contributed by atoms with Crippen LogP contribution in [0.5, 0.6) is 5.75 Å². The van der Waals surface area contributed by atoms with Crippen molar-refractivity contribution in [1.29, 1.82) is 5.26 Å². The lowest BCUT2D eigenvalue weighted by Gasteiger charge is -2.07. The highest BCUT2D eigenvalue weighted by Crippen LogP contribution is 2.31. The summed E-state index contributed by atoms with van der Waals surface area (Å²) in [6.07, 6.45) is 1.80. The molecular formula is C9H8FNOS. The zero-order valence-electron chi connectivity index (χ0n) is 7.30. The van der Waals surface area contributed by atoms with Crippen LogP contribution in [0.15, 0.2) is 17.0 Å². The molecule has 0 aromatic heterocycles. The number of nitrogens with zero attached hydrogens (tertiary/aromatic N) is 1. The number of ether oxygens (including phenoxy) is 1. The minimum atomic E-state index is -0.415. The number of halogens is 1. The van der Waals surface area contributed by atoms with E-state index in [1.807, 2.05) is 6.07 Å². The van der Waals surface area contributed by atoms with E-state index in [0.717, 1.165) is 0 Å². The van der Waals surface area contributed by atoms with Crippen molar-refractivity contribution in [2.24, 2.45) is 0 Å². The van der Waals surface area contributed by atoms with E-state index < -0.39 is 5.82 Å². The summed E-state index contributed by atoms with van der Waals surface area (Å²) in [6.45, 7) is 0. The van der Waals surface area contributed by atoms with E-state index in [1.54, 1.807) is 6.26 Å². The average Bonchev–Trinajstić information content (AvgIpc) is 2.16. The molecule has 0 aliphatic rings. The Morgan fingerprint density at radius 3 is 2.69 bits per heavy atom. The molecule has 1 aromatic rings. The molecule has 0 N–H and O–H groups in total. The number of methoxy groups -OCH3 is 1. The van der Waals surface area contributed by atoms with Crippen LogP contribution in [0.4, 0.5) is 4.39 Å². The van der Waals surface area contributed by atoms with Crippen molar-refractivity contribution in [3.8, 4) is 11.8 Å². The fourth-order valence-corrected chi connectivity index (χ4v) is 1.62. The van der Waals surface area contributed by atoms with E-state index >= 15 is 0 Å². The van der Waals surface area contributed by atoms with E-state index in [1.165, 1.54) is 31.0 Å². The molecule has 0 aliphatic carbocycles. The van der Waals surface area contributed by atoms with Gasteiger partial charge in [-0.15, -0.1) is 11.8 Å². The average molecular weight is 197 g/mol. The first-order valence-electron chi connectivity index (χ1n) is 3.54. The van der Waals surface area contributed by atoms with Gasteiger partial charge in [-0.05, 0) is 18.4 Å². The molecular weight excluding hydrogens is 189 g/mol. The summed E-state index contributed by atoms with van der Waals surface area (Å²) >= 11 is 1.35. The van der Waals surface area contributed by atoms with Gasteiger partial charge < -0.3 is 4.74 Å². The highest BCUT2D eigenvalue weighted by Gasteiger charge is 2.10. The van der Waals surface area contributed by atoms with Crippen LogP contribution in [0.1, 0.15) is 5.56 Å². The second-order valence-electron chi connectivity index (χ2n) is 2.30. The van der Waals surface area contributed by atoms with Crippen molar-refractivity contribution in [2.75, 3.05) is 13.4 Å². The fraction of sp³-hybridized carbons (Fsp3) is 0.222. The van der Waals surface area contributed by atoms with E-state index in [0.29, 0.717) is 10.6 Å². The standard InChI is InChI=1S/C9H8FNOS/c1-12-9-6(5-11)3-7(10)4-8(9)13-2/h3-4H,1-2H3. The molecule has 0 spiro atoms. The molecule has 0 saturated heterocycles. The van der Waals surface area contributed by atoms with Crippen LogP contribution in [0.3, 0.4) is 0 Å². The quantitative estimate of drug-likeness (QED) is 0.682. The maximum atomic E-state index is 12.9. The third kappa shape index (κ3) is 1.93. The molecule has 4 heteroatoms. The Morgan fingerprint density at radius 1 is 1.54 bits per heavy atom. The third-order valence-electron chi connectivity index (χ3n) is 1.56. The van der Waals surface area contributed by atoms with Crippen LogP contribution in [-0.4, -0.2) is 13.4 Å². The third-order valence-corrected chi connectivity index (χ3v) is 2.31. The summed E-state index contributed by atoms with van der Waals surface area (Å²) in [7, 11) is 1.47. The fourth-order valence-electron chi connectivity index (χ4n) is 1.01. The first-order valence-corrected chi connectivity index (χ1v) is 4.77. The van der Waals surface area contributed by atoms with Crippen molar-refractivity contribution < 1.29 is 9.13 Å². The van der Waals surface area contributed by atoms with Crippen molar-refractivity contribution >= 4 is 11.8 Å². The molecule has 0 fully saturated rings. The van der Waals surface area contributed by atoms with Crippen LogP contribution in [0.2, 0.25) is 0 Å². The van der Waals surface area contributed by atoms with Gasteiger partial charge in [0.05, 0.1) is 17.6 Å². The van der Waals surface area contributed by atoms with Crippen LogP contribution in [0.25, 0.3) is 0 Å². The van der Waals surface area contributed by atoms with Gasteiger partial charge in [0.1, 0.15) is 17.6 Å². The Kier molecular flexibility index (Phi) is 3.15. The molecule has 1 rings (SSSR count).